The zero-order valence-electron chi connectivity index (χ0n) is 12.5. The van der Waals surface area contributed by atoms with E-state index in [4.69, 9.17) is 0 Å². The normalized spacial score (nSPS) is 26.0. The molecule has 5 heteroatoms. The van der Waals surface area contributed by atoms with Crippen molar-refractivity contribution < 1.29 is 0 Å². The number of H-pyrrole nitrogens is 1. The van der Waals surface area contributed by atoms with Crippen LogP contribution in [0.15, 0.2) is 46.4 Å². The van der Waals surface area contributed by atoms with Crippen LogP contribution in [0.5, 0.6) is 0 Å². The molecule has 3 unspecified atom stereocenters. The van der Waals surface area contributed by atoms with E-state index in [1.807, 2.05) is 4.57 Å². The maximum absolute atomic E-state index is 12.2. The molecule has 22 heavy (non-hydrogen) atoms. The number of nitrogens with zero attached hydrogens (tertiary/aromatic N) is 2. The molecule has 4 rings (SSSR count). The summed E-state index contributed by atoms with van der Waals surface area (Å²) in [7, 11) is 0. The first-order valence-corrected chi connectivity index (χ1v) is 8.73. The van der Waals surface area contributed by atoms with Gasteiger partial charge in [-0.25, -0.2) is 9.89 Å². The molecule has 1 N–H and O–H groups in total. The van der Waals surface area contributed by atoms with Gasteiger partial charge in [0.1, 0.15) is 0 Å². The van der Waals surface area contributed by atoms with Crippen LogP contribution >= 0.6 is 11.8 Å². The Hall–Kier alpha value is -1.75. The SMILES string of the molecule is Cc1ccc(CSc2n[nH]c(=O)n2C2CC3C=CC2C3)cc1. The molecule has 1 saturated carbocycles. The number of allylic oxidation sites excluding steroid dienone is 2. The Balaban J connectivity index is 1.54. The van der Waals surface area contributed by atoms with Crippen LogP contribution in [0.4, 0.5) is 0 Å². The molecule has 114 valence electrons. The van der Waals surface area contributed by atoms with Gasteiger partial charge in [-0.1, -0.05) is 53.7 Å². The van der Waals surface area contributed by atoms with Crippen molar-refractivity contribution >= 4 is 11.8 Å². The van der Waals surface area contributed by atoms with E-state index in [0.717, 1.165) is 17.3 Å². The summed E-state index contributed by atoms with van der Waals surface area (Å²) in [5.74, 6) is 1.98. The lowest BCUT2D eigenvalue weighted by Gasteiger charge is -2.20. The first kappa shape index (κ1) is 13.9. The number of aryl methyl sites for hydroxylation is 1. The highest BCUT2D eigenvalue weighted by atomic mass is 32.2. The van der Waals surface area contributed by atoms with Crippen molar-refractivity contribution in [2.24, 2.45) is 11.8 Å². The lowest BCUT2D eigenvalue weighted by atomic mass is 10.0. The minimum absolute atomic E-state index is 0.0719. The molecule has 0 aliphatic heterocycles. The Morgan fingerprint density at radius 1 is 1.27 bits per heavy atom. The van der Waals surface area contributed by atoms with Crippen LogP contribution in [0.1, 0.15) is 30.0 Å². The number of benzene rings is 1. The van der Waals surface area contributed by atoms with Crippen molar-refractivity contribution in [3.63, 3.8) is 0 Å². The van der Waals surface area contributed by atoms with Crippen molar-refractivity contribution in [2.45, 2.75) is 36.7 Å². The first-order valence-electron chi connectivity index (χ1n) is 7.74. The minimum Gasteiger partial charge on any atom is -0.266 e. The Bertz CT molecular complexity index is 759. The number of nitrogens with one attached hydrogen (secondary N) is 1. The number of rotatable bonds is 4. The summed E-state index contributed by atoms with van der Waals surface area (Å²) in [6, 6.07) is 8.79. The van der Waals surface area contributed by atoms with E-state index in [1.165, 1.54) is 17.5 Å². The van der Waals surface area contributed by atoms with Gasteiger partial charge in [0.25, 0.3) is 0 Å². The fraction of sp³-hybridized carbons (Fsp3) is 0.412. The van der Waals surface area contributed by atoms with Gasteiger partial charge < -0.3 is 0 Å². The van der Waals surface area contributed by atoms with Gasteiger partial charge in [0.2, 0.25) is 0 Å². The second kappa shape index (κ2) is 5.47. The van der Waals surface area contributed by atoms with Crippen molar-refractivity contribution in [2.75, 3.05) is 0 Å². The lowest BCUT2D eigenvalue weighted by molar-refractivity contribution is 0.396. The molecular weight excluding hydrogens is 294 g/mol. The third kappa shape index (κ3) is 2.43. The number of aromatic nitrogens is 3. The molecule has 2 aliphatic carbocycles. The molecule has 0 saturated heterocycles. The van der Waals surface area contributed by atoms with E-state index in [1.54, 1.807) is 11.8 Å². The number of hydrogen-bond donors (Lipinski definition) is 1. The Kier molecular flexibility index (Phi) is 3.45. The highest BCUT2D eigenvalue weighted by molar-refractivity contribution is 7.98. The number of thioether (sulfide) groups is 1. The number of fused-ring (bicyclic) bond motifs is 2. The van der Waals surface area contributed by atoms with Crippen molar-refractivity contribution in [3.8, 4) is 0 Å². The summed E-state index contributed by atoms with van der Waals surface area (Å²) in [4.78, 5) is 12.2. The predicted molar refractivity (Wildman–Crippen MR) is 88.0 cm³/mol. The maximum atomic E-state index is 12.2. The number of aromatic amines is 1. The second-order valence-corrected chi connectivity index (χ2v) is 7.25. The van der Waals surface area contributed by atoms with E-state index in [0.29, 0.717) is 11.8 Å². The van der Waals surface area contributed by atoms with E-state index in [-0.39, 0.29) is 11.7 Å². The molecular formula is C17H19N3OS. The van der Waals surface area contributed by atoms with Gasteiger partial charge in [0.15, 0.2) is 5.16 Å². The predicted octanol–water partition coefficient (Wildman–Crippen LogP) is 3.31. The summed E-state index contributed by atoms with van der Waals surface area (Å²) < 4.78 is 1.88. The summed E-state index contributed by atoms with van der Waals surface area (Å²) in [6.45, 7) is 2.09. The average Bonchev–Trinajstić information content (AvgIpc) is 3.22. The third-order valence-electron chi connectivity index (χ3n) is 4.74. The van der Waals surface area contributed by atoms with Crippen LogP contribution in [0.25, 0.3) is 0 Å². The monoisotopic (exact) mass is 313 g/mol. The molecule has 2 aromatic rings. The lowest BCUT2D eigenvalue weighted by Crippen LogP contribution is -2.25. The van der Waals surface area contributed by atoms with E-state index < -0.39 is 0 Å². The highest BCUT2D eigenvalue weighted by Gasteiger charge is 2.38. The van der Waals surface area contributed by atoms with Crippen LogP contribution in [-0.4, -0.2) is 14.8 Å². The van der Waals surface area contributed by atoms with Crippen LogP contribution in [0.3, 0.4) is 0 Å². The topological polar surface area (TPSA) is 50.7 Å². The van der Waals surface area contributed by atoms with Crippen molar-refractivity contribution in [3.05, 3.63) is 58.0 Å². The number of hydrogen-bond acceptors (Lipinski definition) is 3. The molecule has 1 heterocycles. The molecule has 0 radical (unpaired) electrons. The molecule has 1 fully saturated rings. The fourth-order valence-electron chi connectivity index (χ4n) is 3.57. The Morgan fingerprint density at radius 2 is 2.09 bits per heavy atom. The molecule has 2 aliphatic rings. The van der Waals surface area contributed by atoms with Gasteiger partial charge in [0, 0.05) is 11.8 Å². The quantitative estimate of drug-likeness (QED) is 0.696. The summed E-state index contributed by atoms with van der Waals surface area (Å²) in [5.41, 5.74) is 2.45. The van der Waals surface area contributed by atoms with Gasteiger partial charge in [0.05, 0.1) is 0 Å². The van der Waals surface area contributed by atoms with Crippen LogP contribution in [-0.2, 0) is 5.75 Å². The van der Waals surface area contributed by atoms with E-state index in [2.05, 4.69) is 53.5 Å². The standard InChI is InChI=1S/C17H19N3OS/c1-11-2-4-12(5-3-11)10-22-17-19-18-16(21)20(17)15-9-13-6-7-14(15)8-13/h2-7,13-15H,8-10H2,1H3,(H,18,21). The van der Waals surface area contributed by atoms with Gasteiger partial charge in [-0.3, -0.25) is 4.57 Å². The van der Waals surface area contributed by atoms with Gasteiger partial charge in [-0.15, -0.1) is 5.10 Å². The third-order valence-corrected chi connectivity index (χ3v) is 5.76. The molecule has 1 aromatic carbocycles. The summed E-state index contributed by atoms with van der Waals surface area (Å²) in [5, 5.41) is 7.69. The van der Waals surface area contributed by atoms with Gasteiger partial charge in [-0.05, 0) is 37.2 Å². The van der Waals surface area contributed by atoms with Crippen LogP contribution in [0, 0.1) is 18.8 Å². The zero-order valence-corrected chi connectivity index (χ0v) is 13.3. The second-order valence-electron chi connectivity index (χ2n) is 6.30. The van der Waals surface area contributed by atoms with Gasteiger partial charge >= 0.3 is 5.69 Å². The van der Waals surface area contributed by atoms with Crippen molar-refractivity contribution in [1.29, 1.82) is 0 Å². The Labute approximate surface area is 133 Å². The molecule has 0 amide bonds. The largest absolute Gasteiger partial charge is 0.344 e. The maximum Gasteiger partial charge on any atom is 0.344 e. The van der Waals surface area contributed by atoms with Crippen LogP contribution in [0.2, 0.25) is 0 Å². The molecule has 2 bridgehead atoms. The van der Waals surface area contributed by atoms with Gasteiger partial charge in [-0.2, -0.15) is 0 Å². The fourth-order valence-corrected chi connectivity index (χ4v) is 4.52. The molecule has 3 atom stereocenters. The van der Waals surface area contributed by atoms with E-state index >= 15 is 0 Å². The summed E-state index contributed by atoms with van der Waals surface area (Å²) >= 11 is 1.64. The first-order chi connectivity index (χ1) is 10.7. The highest BCUT2D eigenvalue weighted by Crippen LogP contribution is 2.46. The smallest absolute Gasteiger partial charge is 0.266 e. The Morgan fingerprint density at radius 3 is 2.77 bits per heavy atom. The van der Waals surface area contributed by atoms with E-state index in [9.17, 15) is 4.79 Å². The molecule has 0 spiro atoms. The van der Waals surface area contributed by atoms with Crippen LogP contribution < -0.4 is 5.69 Å². The molecule has 4 nitrogen and oxygen atoms in total. The molecule has 1 aromatic heterocycles. The van der Waals surface area contributed by atoms with Crippen molar-refractivity contribution in [1.82, 2.24) is 14.8 Å². The summed E-state index contributed by atoms with van der Waals surface area (Å²) in [6.07, 6.45) is 6.82. The minimum atomic E-state index is -0.0719. The zero-order chi connectivity index (χ0) is 15.1. The average molecular weight is 313 g/mol.